The van der Waals surface area contributed by atoms with E-state index in [0.717, 1.165) is 16.3 Å². The van der Waals surface area contributed by atoms with Crippen LogP contribution in [0.4, 0.5) is 5.69 Å². The van der Waals surface area contributed by atoms with Gasteiger partial charge >= 0.3 is 0 Å². The number of benzene rings is 1. The molecule has 4 nitrogen and oxygen atoms in total. The molecular weight excluding hydrogens is 246 g/mol. The number of nitrogens with one attached hydrogen (secondary N) is 1. The molecule has 5 heteroatoms. The summed E-state index contributed by atoms with van der Waals surface area (Å²) >= 11 is 1.60. The monoisotopic (exact) mass is 261 g/mol. The highest BCUT2D eigenvalue weighted by molar-refractivity contribution is 7.09. The fraction of sp³-hybridized carbons (Fsp3) is 0.231. The van der Waals surface area contributed by atoms with Gasteiger partial charge in [-0.2, -0.15) is 0 Å². The Bertz CT molecular complexity index is 525. The van der Waals surface area contributed by atoms with Gasteiger partial charge in [0, 0.05) is 17.3 Å². The number of para-hydroxylation sites is 1. The first-order valence-electron chi connectivity index (χ1n) is 5.69. The molecule has 2 rings (SSSR count). The second-order valence-corrected chi connectivity index (χ2v) is 4.96. The number of carbonyl (C=O) groups excluding carboxylic acids is 1. The summed E-state index contributed by atoms with van der Waals surface area (Å²) in [6.07, 6.45) is 2.03. The molecule has 3 N–H and O–H groups in total. The quantitative estimate of drug-likeness (QED) is 0.868. The van der Waals surface area contributed by atoms with Crippen LogP contribution in [0.1, 0.15) is 23.5 Å². The van der Waals surface area contributed by atoms with E-state index in [0.29, 0.717) is 0 Å². The Morgan fingerprint density at radius 3 is 2.94 bits per heavy atom. The molecule has 0 aliphatic heterocycles. The van der Waals surface area contributed by atoms with Crippen LogP contribution in [0.15, 0.2) is 35.8 Å². The van der Waals surface area contributed by atoms with Gasteiger partial charge in [-0.1, -0.05) is 18.2 Å². The van der Waals surface area contributed by atoms with Gasteiger partial charge in [-0.15, -0.1) is 11.3 Å². The fourth-order valence-corrected chi connectivity index (χ4v) is 2.39. The third kappa shape index (κ3) is 3.07. The number of aromatic nitrogens is 1. The molecule has 0 aliphatic rings. The minimum Gasteiger partial charge on any atom is -0.376 e. The molecule has 94 valence electrons. The van der Waals surface area contributed by atoms with Gasteiger partial charge in [0.25, 0.3) is 0 Å². The Labute approximate surface area is 110 Å². The number of thiazole rings is 1. The number of primary amides is 1. The molecule has 0 radical (unpaired) electrons. The van der Waals surface area contributed by atoms with Gasteiger partial charge in [-0.25, -0.2) is 4.98 Å². The molecule has 1 amide bonds. The lowest BCUT2D eigenvalue weighted by Gasteiger charge is -2.15. The maximum Gasteiger partial charge on any atom is 0.221 e. The van der Waals surface area contributed by atoms with Gasteiger partial charge in [-0.3, -0.25) is 4.79 Å². The average Bonchev–Trinajstić information content (AvgIpc) is 2.84. The first-order valence-corrected chi connectivity index (χ1v) is 6.57. The number of amides is 1. The van der Waals surface area contributed by atoms with Crippen molar-refractivity contribution in [1.29, 1.82) is 0 Å². The number of rotatable bonds is 5. The van der Waals surface area contributed by atoms with Crippen LogP contribution in [-0.4, -0.2) is 10.9 Å². The van der Waals surface area contributed by atoms with Crippen molar-refractivity contribution >= 4 is 22.9 Å². The van der Waals surface area contributed by atoms with Crippen LogP contribution in [0.2, 0.25) is 0 Å². The molecule has 1 heterocycles. The second-order valence-electron chi connectivity index (χ2n) is 4.04. The molecule has 0 aliphatic carbocycles. The standard InChI is InChI=1S/C13H15N3OS/c1-9(13-15-6-7-18-13)16-11-5-3-2-4-10(11)8-12(14)17/h2-7,9,16H,8H2,1H3,(H2,14,17). The van der Waals surface area contributed by atoms with E-state index < -0.39 is 0 Å². The molecule has 0 bridgehead atoms. The summed E-state index contributed by atoms with van der Waals surface area (Å²) < 4.78 is 0. The van der Waals surface area contributed by atoms with Gasteiger partial charge in [0.2, 0.25) is 5.91 Å². The van der Waals surface area contributed by atoms with Crippen molar-refractivity contribution in [3.63, 3.8) is 0 Å². The highest BCUT2D eigenvalue weighted by Gasteiger charge is 2.11. The zero-order chi connectivity index (χ0) is 13.0. The van der Waals surface area contributed by atoms with Gasteiger partial charge in [0.05, 0.1) is 12.5 Å². The number of hydrogen-bond acceptors (Lipinski definition) is 4. The van der Waals surface area contributed by atoms with Crippen molar-refractivity contribution in [2.75, 3.05) is 5.32 Å². The molecule has 0 fully saturated rings. The van der Waals surface area contributed by atoms with E-state index in [2.05, 4.69) is 10.3 Å². The Kier molecular flexibility index (Phi) is 3.94. The normalized spacial score (nSPS) is 12.1. The van der Waals surface area contributed by atoms with Gasteiger partial charge < -0.3 is 11.1 Å². The Morgan fingerprint density at radius 2 is 2.28 bits per heavy atom. The molecule has 1 atom stereocenters. The maximum absolute atomic E-state index is 11.0. The third-order valence-electron chi connectivity index (χ3n) is 2.58. The van der Waals surface area contributed by atoms with Crippen LogP contribution >= 0.6 is 11.3 Å². The lowest BCUT2D eigenvalue weighted by molar-refractivity contribution is -0.117. The number of carbonyl (C=O) groups is 1. The summed E-state index contributed by atoms with van der Waals surface area (Å²) in [4.78, 5) is 15.3. The molecule has 0 saturated heterocycles. The minimum atomic E-state index is -0.328. The Hall–Kier alpha value is -1.88. The summed E-state index contributed by atoms with van der Waals surface area (Å²) in [5.41, 5.74) is 7.08. The smallest absolute Gasteiger partial charge is 0.221 e. The number of anilines is 1. The van der Waals surface area contributed by atoms with E-state index in [1.54, 1.807) is 17.5 Å². The van der Waals surface area contributed by atoms with E-state index in [1.807, 2.05) is 36.6 Å². The summed E-state index contributed by atoms with van der Waals surface area (Å²) in [6.45, 7) is 2.04. The van der Waals surface area contributed by atoms with Crippen LogP contribution in [0.5, 0.6) is 0 Å². The highest BCUT2D eigenvalue weighted by atomic mass is 32.1. The second kappa shape index (κ2) is 5.64. The molecule has 1 aromatic carbocycles. The molecule has 0 saturated carbocycles. The van der Waals surface area contributed by atoms with Crippen LogP contribution < -0.4 is 11.1 Å². The van der Waals surface area contributed by atoms with Crippen molar-refractivity contribution in [2.24, 2.45) is 5.73 Å². The van der Waals surface area contributed by atoms with E-state index in [4.69, 9.17) is 5.73 Å². The van der Waals surface area contributed by atoms with Crippen molar-refractivity contribution in [3.8, 4) is 0 Å². The lowest BCUT2D eigenvalue weighted by atomic mass is 10.1. The average molecular weight is 261 g/mol. The summed E-state index contributed by atoms with van der Waals surface area (Å²) in [5, 5.41) is 6.32. The van der Waals surface area contributed by atoms with Crippen LogP contribution in [0.3, 0.4) is 0 Å². The molecule has 1 aromatic heterocycles. The van der Waals surface area contributed by atoms with Crippen molar-refractivity contribution in [3.05, 3.63) is 46.4 Å². The van der Waals surface area contributed by atoms with Crippen LogP contribution in [0, 0.1) is 0 Å². The van der Waals surface area contributed by atoms with Gasteiger partial charge in [0.15, 0.2) is 0 Å². The third-order valence-corrected chi connectivity index (χ3v) is 3.53. The summed E-state index contributed by atoms with van der Waals surface area (Å²) in [5.74, 6) is -0.328. The Morgan fingerprint density at radius 1 is 1.50 bits per heavy atom. The first-order chi connectivity index (χ1) is 8.66. The SMILES string of the molecule is CC(Nc1ccccc1CC(N)=O)c1nccs1. The van der Waals surface area contributed by atoms with Crippen LogP contribution in [-0.2, 0) is 11.2 Å². The van der Waals surface area contributed by atoms with Crippen molar-refractivity contribution in [2.45, 2.75) is 19.4 Å². The molecule has 0 spiro atoms. The number of nitrogens with zero attached hydrogens (tertiary/aromatic N) is 1. The predicted octanol–water partition coefficient (Wildman–Crippen LogP) is 2.34. The summed E-state index contributed by atoms with van der Waals surface area (Å²) in [7, 11) is 0. The fourth-order valence-electron chi connectivity index (χ4n) is 1.75. The maximum atomic E-state index is 11.0. The van der Waals surface area contributed by atoms with Crippen molar-refractivity contribution in [1.82, 2.24) is 4.98 Å². The van der Waals surface area contributed by atoms with Gasteiger partial charge in [0.1, 0.15) is 5.01 Å². The zero-order valence-electron chi connectivity index (χ0n) is 10.1. The van der Waals surface area contributed by atoms with Gasteiger partial charge in [-0.05, 0) is 18.6 Å². The molecule has 1 unspecified atom stereocenters. The van der Waals surface area contributed by atoms with E-state index in [1.165, 1.54) is 0 Å². The largest absolute Gasteiger partial charge is 0.376 e. The molecular formula is C13H15N3OS. The number of nitrogens with two attached hydrogens (primary N) is 1. The van der Waals surface area contributed by atoms with E-state index >= 15 is 0 Å². The molecule has 2 aromatic rings. The Balaban J connectivity index is 2.16. The van der Waals surface area contributed by atoms with E-state index in [-0.39, 0.29) is 18.4 Å². The first kappa shape index (κ1) is 12.6. The van der Waals surface area contributed by atoms with E-state index in [9.17, 15) is 4.79 Å². The van der Waals surface area contributed by atoms with Crippen molar-refractivity contribution < 1.29 is 4.79 Å². The lowest BCUT2D eigenvalue weighted by Crippen LogP contribution is -2.16. The molecule has 18 heavy (non-hydrogen) atoms. The highest BCUT2D eigenvalue weighted by Crippen LogP contribution is 2.23. The topological polar surface area (TPSA) is 68.0 Å². The number of hydrogen-bond donors (Lipinski definition) is 2. The predicted molar refractivity (Wildman–Crippen MR) is 73.5 cm³/mol. The zero-order valence-corrected chi connectivity index (χ0v) is 10.9. The summed E-state index contributed by atoms with van der Waals surface area (Å²) in [6, 6.07) is 7.79. The van der Waals surface area contributed by atoms with Crippen LogP contribution in [0.25, 0.3) is 0 Å². The minimum absolute atomic E-state index is 0.110.